The highest BCUT2D eigenvalue weighted by atomic mass is 15.1. The second-order valence-corrected chi connectivity index (χ2v) is 15.2. The molecule has 2 heterocycles. The number of allylic oxidation sites excluding steroid dienone is 1. The van der Waals surface area contributed by atoms with Gasteiger partial charge in [-0.1, -0.05) is 159 Å². The number of aliphatic imine (C=N–C) groups is 1. The Morgan fingerprint density at radius 2 is 1.17 bits per heavy atom. The lowest BCUT2D eigenvalue weighted by molar-refractivity contribution is 0.642. The molecule has 0 saturated heterocycles. The number of hydrogen-bond donors (Lipinski definition) is 1. The first-order chi connectivity index (χ1) is 26.5. The van der Waals surface area contributed by atoms with Crippen LogP contribution in [0.15, 0.2) is 181 Å². The summed E-state index contributed by atoms with van der Waals surface area (Å²) in [5.41, 5.74) is 14.2. The van der Waals surface area contributed by atoms with Crippen molar-refractivity contribution in [1.29, 1.82) is 0 Å². The average molecular weight is 692 g/mol. The minimum Gasteiger partial charge on any atom is -0.360 e. The molecule has 2 aliphatic rings. The second kappa shape index (κ2) is 11.6. The Labute approximate surface area is 314 Å². The van der Waals surface area contributed by atoms with Crippen molar-refractivity contribution in [2.75, 3.05) is 0 Å². The van der Waals surface area contributed by atoms with E-state index >= 15 is 0 Å². The molecule has 0 radical (unpaired) electrons. The Kier molecular flexibility index (Phi) is 6.66. The van der Waals surface area contributed by atoms with Crippen LogP contribution < -0.4 is 5.32 Å². The lowest BCUT2D eigenvalue weighted by Crippen LogP contribution is -2.25. The van der Waals surface area contributed by atoms with E-state index in [1.54, 1.807) is 0 Å². The number of fused-ring (bicyclic) bond motifs is 10. The van der Waals surface area contributed by atoms with E-state index < -0.39 is 0 Å². The van der Waals surface area contributed by atoms with Crippen molar-refractivity contribution >= 4 is 54.8 Å². The first kappa shape index (κ1) is 30.9. The Balaban J connectivity index is 1.07. The van der Waals surface area contributed by atoms with Crippen LogP contribution in [0.25, 0.3) is 65.9 Å². The summed E-state index contributed by atoms with van der Waals surface area (Å²) in [5.74, 6) is 0. The molecule has 54 heavy (non-hydrogen) atoms. The third kappa shape index (κ3) is 4.58. The van der Waals surface area contributed by atoms with Crippen LogP contribution in [0.3, 0.4) is 0 Å². The number of nitrogens with zero attached hydrogens (tertiary/aromatic N) is 2. The number of nitrogens with one attached hydrogen (secondary N) is 1. The molecule has 9 aromatic rings. The highest BCUT2D eigenvalue weighted by Crippen LogP contribution is 2.49. The van der Waals surface area contributed by atoms with Crippen molar-refractivity contribution in [1.82, 2.24) is 9.88 Å². The summed E-state index contributed by atoms with van der Waals surface area (Å²) >= 11 is 0. The topological polar surface area (TPSA) is 29.3 Å². The van der Waals surface area contributed by atoms with Crippen molar-refractivity contribution in [3.05, 3.63) is 204 Å². The van der Waals surface area contributed by atoms with Crippen LogP contribution in [0.4, 0.5) is 0 Å². The van der Waals surface area contributed by atoms with Crippen molar-refractivity contribution in [2.24, 2.45) is 4.99 Å². The van der Waals surface area contributed by atoms with Gasteiger partial charge in [0.25, 0.3) is 0 Å². The van der Waals surface area contributed by atoms with Gasteiger partial charge >= 0.3 is 0 Å². The Hall–Kier alpha value is -6.71. The smallest absolute Gasteiger partial charge is 0.145 e. The van der Waals surface area contributed by atoms with Crippen LogP contribution >= 0.6 is 0 Å². The molecule has 1 aliphatic carbocycles. The van der Waals surface area contributed by atoms with E-state index in [-0.39, 0.29) is 11.6 Å². The van der Waals surface area contributed by atoms with Gasteiger partial charge in [0, 0.05) is 27.6 Å². The molecule has 0 spiro atoms. The lowest BCUT2D eigenvalue weighted by Gasteiger charge is -2.27. The standard InChI is InChI=1S/C51H37N3/c1-51(2)42-22-11-10-21-40(42)41-26-23-36(30-43(41)51)50-52-44(34-15-4-3-5-16-34)31-45(53-50)35-17-12-18-37(29-35)54-46-27-24-32-13-6-8-19-38(32)48(46)49-39-20-9-7-14-33(39)25-28-47(49)54/h3-31,50,53H,1-2H3. The van der Waals surface area contributed by atoms with Gasteiger partial charge in [-0.3, -0.25) is 4.99 Å². The van der Waals surface area contributed by atoms with E-state index in [2.05, 4.69) is 200 Å². The maximum Gasteiger partial charge on any atom is 0.145 e. The molecule has 0 saturated carbocycles. The first-order valence-corrected chi connectivity index (χ1v) is 18.8. The monoisotopic (exact) mass is 691 g/mol. The van der Waals surface area contributed by atoms with E-state index in [1.165, 1.54) is 65.6 Å². The fraction of sp³-hybridized carbons (Fsp3) is 0.0784. The quantitative estimate of drug-likeness (QED) is 0.196. The van der Waals surface area contributed by atoms with Gasteiger partial charge in [0.15, 0.2) is 0 Å². The van der Waals surface area contributed by atoms with Gasteiger partial charge in [-0.2, -0.15) is 0 Å². The summed E-state index contributed by atoms with van der Waals surface area (Å²) in [6.07, 6.45) is 1.96. The zero-order valence-corrected chi connectivity index (χ0v) is 30.2. The van der Waals surface area contributed by atoms with Gasteiger partial charge in [-0.05, 0) is 90.8 Å². The highest BCUT2D eigenvalue weighted by Gasteiger charge is 2.36. The summed E-state index contributed by atoms with van der Waals surface area (Å²) in [5, 5.41) is 11.5. The zero-order valence-electron chi connectivity index (χ0n) is 30.2. The zero-order chi connectivity index (χ0) is 36.0. The maximum atomic E-state index is 5.36. The first-order valence-electron chi connectivity index (χ1n) is 18.8. The van der Waals surface area contributed by atoms with Crippen molar-refractivity contribution in [3.8, 4) is 16.8 Å². The third-order valence-electron chi connectivity index (χ3n) is 11.8. The van der Waals surface area contributed by atoms with Gasteiger partial charge < -0.3 is 9.88 Å². The predicted molar refractivity (Wildman–Crippen MR) is 227 cm³/mol. The van der Waals surface area contributed by atoms with Gasteiger partial charge in [0.05, 0.1) is 16.7 Å². The number of rotatable bonds is 4. The van der Waals surface area contributed by atoms with Crippen LogP contribution in [0.1, 0.15) is 47.8 Å². The minimum atomic E-state index is -0.250. The fourth-order valence-corrected chi connectivity index (χ4v) is 9.16. The van der Waals surface area contributed by atoms with Gasteiger partial charge in [0.2, 0.25) is 0 Å². The summed E-state index contributed by atoms with van der Waals surface area (Å²) in [6.45, 7) is 4.68. The molecule has 0 amide bonds. The maximum absolute atomic E-state index is 5.36. The molecule has 0 bridgehead atoms. The molecule has 11 rings (SSSR count). The van der Waals surface area contributed by atoms with Crippen molar-refractivity contribution in [2.45, 2.75) is 25.4 Å². The molecular formula is C51H37N3. The van der Waals surface area contributed by atoms with Crippen LogP contribution in [0.2, 0.25) is 0 Å². The van der Waals surface area contributed by atoms with E-state index in [4.69, 9.17) is 4.99 Å². The molecule has 3 heteroatoms. The third-order valence-corrected chi connectivity index (χ3v) is 11.8. The summed E-state index contributed by atoms with van der Waals surface area (Å²) in [7, 11) is 0. The van der Waals surface area contributed by atoms with E-state index in [9.17, 15) is 0 Å². The second-order valence-electron chi connectivity index (χ2n) is 15.2. The van der Waals surface area contributed by atoms with Crippen molar-refractivity contribution < 1.29 is 0 Å². The highest BCUT2D eigenvalue weighted by molar-refractivity contribution is 6.28. The predicted octanol–water partition coefficient (Wildman–Crippen LogP) is 12.5. The van der Waals surface area contributed by atoms with Crippen molar-refractivity contribution in [3.63, 3.8) is 0 Å². The fourth-order valence-electron chi connectivity index (χ4n) is 9.16. The Morgan fingerprint density at radius 3 is 1.91 bits per heavy atom. The largest absolute Gasteiger partial charge is 0.360 e. The van der Waals surface area contributed by atoms with Crippen LogP contribution in [-0.2, 0) is 5.41 Å². The Morgan fingerprint density at radius 1 is 0.537 bits per heavy atom. The molecule has 8 aromatic carbocycles. The SMILES string of the molecule is CC1(C)c2ccccc2-c2ccc(C3N=C(c4ccccc4)C=C(c4cccc(-n5c6ccc7ccccc7c6c6c7ccccc7ccc65)c4)N3)cc21. The molecular weight excluding hydrogens is 655 g/mol. The molecule has 1 unspecified atom stereocenters. The van der Waals surface area contributed by atoms with Crippen LogP contribution in [-0.4, -0.2) is 10.3 Å². The number of benzene rings is 8. The summed E-state index contributed by atoms with van der Waals surface area (Å²) < 4.78 is 2.44. The summed E-state index contributed by atoms with van der Waals surface area (Å²) in [6, 6.07) is 61.9. The molecule has 1 aliphatic heterocycles. The molecule has 1 N–H and O–H groups in total. The average Bonchev–Trinajstić information content (AvgIpc) is 3.70. The van der Waals surface area contributed by atoms with Crippen LogP contribution in [0, 0.1) is 0 Å². The van der Waals surface area contributed by atoms with E-state index in [0.717, 1.165) is 33.8 Å². The molecule has 1 aromatic heterocycles. The minimum absolute atomic E-state index is 0.0887. The number of aromatic nitrogens is 1. The normalized spacial score (nSPS) is 15.9. The van der Waals surface area contributed by atoms with E-state index in [0.29, 0.717) is 0 Å². The molecule has 1 atom stereocenters. The molecule has 3 nitrogen and oxygen atoms in total. The molecule has 0 fully saturated rings. The van der Waals surface area contributed by atoms with Gasteiger partial charge in [-0.15, -0.1) is 0 Å². The molecule has 256 valence electrons. The van der Waals surface area contributed by atoms with Gasteiger partial charge in [0.1, 0.15) is 6.17 Å². The van der Waals surface area contributed by atoms with Crippen LogP contribution in [0.5, 0.6) is 0 Å². The van der Waals surface area contributed by atoms with E-state index in [1.807, 2.05) is 0 Å². The number of hydrogen-bond acceptors (Lipinski definition) is 2. The lowest BCUT2D eigenvalue weighted by atomic mass is 9.82. The van der Waals surface area contributed by atoms with Gasteiger partial charge in [-0.25, -0.2) is 0 Å². The summed E-state index contributed by atoms with van der Waals surface area (Å²) in [4.78, 5) is 5.36. The Bertz CT molecular complexity index is 2960.